The van der Waals surface area contributed by atoms with Crippen molar-refractivity contribution in [2.45, 2.75) is 51.4 Å². The standard InChI is InChI=1S/C26H30O5/c27-24-10-7-9-20(26(24)30)8-5-3-1-2-4-6-15-31-23-14-13-21-16-19(17-25(28)29)11-12-22(21)18-23/h7,9-14,16,18,27,30H,1-6,8,15,17H2,(H,28,29). The maximum Gasteiger partial charge on any atom is 0.307 e. The molecule has 0 amide bonds. The van der Waals surface area contributed by atoms with E-state index in [0.717, 1.165) is 72.6 Å². The molecule has 0 aliphatic carbocycles. The Balaban J connectivity index is 1.30. The van der Waals surface area contributed by atoms with Crippen molar-refractivity contribution in [3.05, 3.63) is 65.7 Å². The van der Waals surface area contributed by atoms with Gasteiger partial charge >= 0.3 is 5.97 Å². The first-order valence-electron chi connectivity index (χ1n) is 10.9. The first-order valence-corrected chi connectivity index (χ1v) is 10.9. The van der Waals surface area contributed by atoms with E-state index in [1.54, 1.807) is 6.07 Å². The fourth-order valence-corrected chi connectivity index (χ4v) is 3.74. The van der Waals surface area contributed by atoms with Crippen molar-refractivity contribution in [3.8, 4) is 17.2 Å². The van der Waals surface area contributed by atoms with Gasteiger partial charge in [-0.25, -0.2) is 0 Å². The largest absolute Gasteiger partial charge is 0.504 e. The van der Waals surface area contributed by atoms with Gasteiger partial charge in [0.05, 0.1) is 13.0 Å². The van der Waals surface area contributed by atoms with Crippen molar-refractivity contribution < 1.29 is 24.9 Å². The minimum atomic E-state index is -0.824. The summed E-state index contributed by atoms with van der Waals surface area (Å²) >= 11 is 0. The van der Waals surface area contributed by atoms with E-state index < -0.39 is 5.97 Å². The van der Waals surface area contributed by atoms with Crippen LogP contribution in [-0.2, 0) is 17.6 Å². The first-order chi connectivity index (χ1) is 15.0. The highest BCUT2D eigenvalue weighted by Crippen LogP contribution is 2.29. The SMILES string of the molecule is O=C(O)Cc1ccc2cc(OCCCCCCCCc3cccc(O)c3O)ccc2c1. The van der Waals surface area contributed by atoms with Crippen molar-refractivity contribution in [2.75, 3.05) is 6.61 Å². The number of hydrogen-bond acceptors (Lipinski definition) is 4. The number of carboxylic acids is 1. The Morgan fingerprint density at radius 3 is 2.32 bits per heavy atom. The second-order valence-electron chi connectivity index (χ2n) is 7.92. The highest BCUT2D eigenvalue weighted by atomic mass is 16.5. The molecular formula is C26H30O5. The highest BCUT2D eigenvalue weighted by molar-refractivity contribution is 5.85. The molecule has 0 heterocycles. The Morgan fingerprint density at radius 1 is 0.806 bits per heavy atom. The average Bonchev–Trinajstić information content (AvgIpc) is 2.75. The Kier molecular flexibility index (Phi) is 8.16. The van der Waals surface area contributed by atoms with Crippen LogP contribution in [0.5, 0.6) is 17.2 Å². The van der Waals surface area contributed by atoms with Crippen molar-refractivity contribution in [2.24, 2.45) is 0 Å². The molecule has 5 nitrogen and oxygen atoms in total. The molecule has 0 aliphatic rings. The summed E-state index contributed by atoms with van der Waals surface area (Å²) in [4.78, 5) is 10.8. The highest BCUT2D eigenvalue weighted by Gasteiger charge is 2.05. The normalized spacial score (nSPS) is 11.0. The Morgan fingerprint density at radius 2 is 1.52 bits per heavy atom. The van der Waals surface area contributed by atoms with Crippen LogP contribution in [0.25, 0.3) is 10.8 Å². The van der Waals surface area contributed by atoms with E-state index in [9.17, 15) is 15.0 Å². The van der Waals surface area contributed by atoms with Gasteiger partial charge in [0.15, 0.2) is 11.5 Å². The van der Waals surface area contributed by atoms with Crippen LogP contribution in [0, 0.1) is 0 Å². The van der Waals surface area contributed by atoms with Gasteiger partial charge in [-0.15, -0.1) is 0 Å². The predicted octanol–water partition coefficient (Wildman–Crippen LogP) is 5.84. The number of carboxylic acid groups (broad SMARTS) is 1. The number of phenols is 2. The molecule has 3 N–H and O–H groups in total. The topological polar surface area (TPSA) is 87.0 Å². The molecule has 3 aromatic carbocycles. The Labute approximate surface area is 182 Å². The molecule has 0 aromatic heterocycles. The number of ether oxygens (including phenoxy) is 1. The van der Waals surface area contributed by atoms with Gasteiger partial charge < -0.3 is 20.1 Å². The fourth-order valence-electron chi connectivity index (χ4n) is 3.74. The fraction of sp³-hybridized carbons (Fsp3) is 0.346. The number of fused-ring (bicyclic) bond motifs is 1. The molecule has 164 valence electrons. The average molecular weight is 423 g/mol. The number of benzene rings is 3. The van der Waals surface area contributed by atoms with Gasteiger partial charge in [-0.1, -0.05) is 62.1 Å². The summed E-state index contributed by atoms with van der Waals surface area (Å²) < 4.78 is 5.87. The van der Waals surface area contributed by atoms with E-state index >= 15 is 0 Å². The maximum atomic E-state index is 10.8. The van der Waals surface area contributed by atoms with Gasteiger partial charge in [-0.3, -0.25) is 4.79 Å². The van der Waals surface area contributed by atoms with Gasteiger partial charge in [0.2, 0.25) is 0 Å². The van der Waals surface area contributed by atoms with E-state index in [1.807, 2.05) is 42.5 Å². The van der Waals surface area contributed by atoms with Crippen molar-refractivity contribution in [1.29, 1.82) is 0 Å². The number of hydrogen-bond donors (Lipinski definition) is 3. The quantitative estimate of drug-likeness (QED) is 0.252. The van der Waals surface area contributed by atoms with Crippen molar-refractivity contribution in [1.82, 2.24) is 0 Å². The van der Waals surface area contributed by atoms with Gasteiger partial charge in [0, 0.05) is 0 Å². The van der Waals surface area contributed by atoms with Gasteiger partial charge in [0.1, 0.15) is 5.75 Å². The first kappa shape index (κ1) is 22.5. The molecule has 0 saturated heterocycles. The summed E-state index contributed by atoms with van der Waals surface area (Å²) in [5.41, 5.74) is 1.61. The lowest BCUT2D eigenvalue weighted by atomic mass is 10.0. The summed E-state index contributed by atoms with van der Waals surface area (Å²) in [5.74, 6) is -0.0274. The predicted molar refractivity (Wildman–Crippen MR) is 122 cm³/mol. The number of aryl methyl sites for hydroxylation is 1. The molecule has 0 atom stereocenters. The molecule has 31 heavy (non-hydrogen) atoms. The lowest BCUT2D eigenvalue weighted by molar-refractivity contribution is -0.136. The number of rotatable bonds is 12. The molecule has 0 radical (unpaired) electrons. The van der Waals surface area contributed by atoms with Gasteiger partial charge in [-0.2, -0.15) is 0 Å². The van der Waals surface area contributed by atoms with Crippen molar-refractivity contribution >= 4 is 16.7 Å². The zero-order chi connectivity index (χ0) is 22.1. The van der Waals surface area contributed by atoms with E-state index in [-0.39, 0.29) is 17.9 Å². The van der Waals surface area contributed by atoms with Crippen LogP contribution in [0.15, 0.2) is 54.6 Å². The molecule has 0 bridgehead atoms. The summed E-state index contributed by atoms with van der Waals surface area (Å²) in [7, 11) is 0. The molecular weight excluding hydrogens is 392 g/mol. The summed E-state index contributed by atoms with van der Waals surface area (Å²) in [6.45, 7) is 0.680. The lowest BCUT2D eigenvalue weighted by Gasteiger charge is -2.08. The molecule has 0 aliphatic heterocycles. The summed E-state index contributed by atoms with van der Waals surface area (Å²) in [6.07, 6.45) is 7.33. The van der Waals surface area contributed by atoms with Crippen LogP contribution in [0.4, 0.5) is 0 Å². The van der Waals surface area contributed by atoms with Crippen LogP contribution in [0.3, 0.4) is 0 Å². The molecule has 3 rings (SSSR count). The third-order valence-electron chi connectivity index (χ3n) is 5.44. The van der Waals surface area contributed by atoms with Crippen LogP contribution in [0.1, 0.15) is 49.7 Å². The number of para-hydroxylation sites is 1. The van der Waals surface area contributed by atoms with Gasteiger partial charge in [-0.05, 0) is 59.4 Å². The molecule has 5 heteroatoms. The Hall–Kier alpha value is -3.21. The van der Waals surface area contributed by atoms with E-state index in [2.05, 4.69) is 0 Å². The molecule has 0 fully saturated rings. The van der Waals surface area contributed by atoms with Crippen LogP contribution >= 0.6 is 0 Å². The molecule has 0 spiro atoms. The number of aliphatic carboxylic acids is 1. The second-order valence-corrected chi connectivity index (χ2v) is 7.92. The number of phenolic OH excluding ortho intramolecular Hbond substituents is 2. The second kappa shape index (κ2) is 11.3. The van der Waals surface area contributed by atoms with Crippen LogP contribution in [0.2, 0.25) is 0 Å². The zero-order valence-corrected chi connectivity index (χ0v) is 17.7. The zero-order valence-electron chi connectivity index (χ0n) is 17.7. The Bertz CT molecular complexity index is 1010. The minimum absolute atomic E-state index is 0.00837. The van der Waals surface area contributed by atoms with Gasteiger partial charge in [0.25, 0.3) is 0 Å². The molecule has 0 saturated carbocycles. The van der Waals surface area contributed by atoms with Crippen molar-refractivity contribution in [3.63, 3.8) is 0 Å². The lowest BCUT2D eigenvalue weighted by Crippen LogP contribution is -2.00. The maximum absolute atomic E-state index is 10.8. The van der Waals surface area contributed by atoms with Crippen LogP contribution in [-0.4, -0.2) is 27.9 Å². The third kappa shape index (κ3) is 6.92. The van der Waals surface area contributed by atoms with E-state index in [4.69, 9.17) is 9.84 Å². The van der Waals surface area contributed by atoms with E-state index in [1.165, 1.54) is 6.07 Å². The molecule has 3 aromatic rings. The third-order valence-corrected chi connectivity index (χ3v) is 5.44. The number of carbonyl (C=O) groups is 1. The summed E-state index contributed by atoms with van der Waals surface area (Å²) in [5, 5.41) is 30.3. The van der Waals surface area contributed by atoms with E-state index in [0.29, 0.717) is 6.61 Å². The summed E-state index contributed by atoms with van der Waals surface area (Å²) in [6, 6.07) is 16.7. The minimum Gasteiger partial charge on any atom is -0.504 e. The number of aromatic hydroxyl groups is 2. The molecule has 0 unspecified atom stereocenters. The monoisotopic (exact) mass is 422 g/mol. The van der Waals surface area contributed by atoms with Crippen LogP contribution < -0.4 is 4.74 Å². The number of unbranched alkanes of at least 4 members (excludes halogenated alkanes) is 5. The smallest absolute Gasteiger partial charge is 0.307 e.